The molecule has 4 nitrogen and oxygen atoms in total. The molecule has 0 radical (unpaired) electrons. The molecule has 0 N–H and O–H groups in total. The van der Waals surface area contributed by atoms with E-state index in [2.05, 4.69) is 4.98 Å². The van der Waals surface area contributed by atoms with E-state index >= 15 is 0 Å². The molecule has 0 unspecified atom stereocenters. The quantitative estimate of drug-likeness (QED) is 0.548. The summed E-state index contributed by atoms with van der Waals surface area (Å²) in [4.78, 5) is 16.3. The molecule has 25 heavy (non-hydrogen) atoms. The molecule has 0 bridgehead atoms. The van der Waals surface area contributed by atoms with Crippen molar-refractivity contribution >= 4 is 28.9 Å². The molecule has 0 aliphatic heterocycles. The number of hydrogen-bond acceptors (Lipinski definition) is 5. The maximum Gasteiger partial charge on any atom is 0.309 e. The number of para-hydroxylation sites is 1. The zero-order valence-electron chi connectivity index (χ0n) is 13.4. The van der Waals surface area contributed by atoms with E-state index in [-0.39, 0.29) is 25.6 Å². The molecular weight excluding hydrogens is 358 g/mol. The molecule has 0 saturated carbocycles. The first-order valence-electron chi connectivity index (χ1n) is 7.75. The highest BCUT2D eigenvalue weighted by molar-refractivity contribution is 7.13. The monoisotopic (exact) mass is 373 g/mol. The number of carbonyl (C=O) groups is 1. The van der Waals surface area contributed by atoms with E-state index in [0.717, 1.165) is 16.3 Å². The summed E-state index contributed by atoms with van der Waals surface area (Å²) in [5.41, 5.74) is 1.58. The molecule has 128 valence electrons. The molecule has 6 heteroatoms. The van der Waals surface area contributed by atoms with Crippen molar-refractivity contribution in [3.05, 3.63) is 70.7 Å². The summed E-state index contributed by atoms with van der Waals surface area (Å²) in [7, 11) is 0. The number of rotatable bonds is 7. The van der Waals surface area contributed by atoms with Gasteiger partial charge in [-0.25, -0.2) is 4.98 Å². The molecule has 3 aromatic rings. The van der Waals surface area contributed by atoms with Crippen LogP contribution in [-0.2, 0) is 16.1 Å². The number of benzene rings is 2. The highest BCUT2D eigenvalue weighted by Crippen LogP contribution is 2.30. The molecule has 0 aliphatic rings. The van der Waals surface area contributed by atoms with Crippen LogP contribution in [0.2, 0.25) is 5.02 Å². The van der Waals surface area contributed by atoms with Gasteiger partial charge in [-0.05, 0) is 18.2 Å². The Morgan fingerprint density at radius 3 is 2.64 bits per heavy atom. The molecule has 0 saturated heterocycles. The second-order valence-electron chi connectivity index (χ2n) is 5.20. The molecular formula is C19H16ClNO3S. The molecule has 3 rings (SSSR count). The predicted octanol–water partition coefficient (Wildman–Crippen LogP) is 4.98. The smallest absolute Gasteiger partial charge is 0.309 e. The van der Waals surface area contributed by atoms with Gasteiger partial charge in [0.05, 0.1) is 23.7 Å². The number of aromatic nitrogens is 1. The van der Waals surface area contributed by atoms with Gasteiger partial charge in [-0.1, -0.05) is 48.0 Å². The molecule has 0 amide bonds. The fourth-order valence-electron chi connectivity index (χ4n) is 2.13. The van der Waals surface area contributed by atoms with E-state index in [4.69, 9.17) is 21.1 Å². The Balaban J connectivity index is 1.46. The molecule has 0 atom stereocenters. The van der Waals surface area contributed by atoms with Gasteiger partial charge in [0.2, 0.25) is 0 Å². The summed E-state index contributed by atoms with van der Waals surface area (Å²) in [5.74, 6) is 0.419. The molecule has 1 heterocycles. The minimum absolute atomic E-state index is 0.144. The van der Waals surface area contributed by atoms with Crippen LogP contribution in [0.5, 0.6) is 5.75 Å². The van der Waals surface area contributed by atoms with E-state index in [1.54, 1.807) is 0 Å². The van der Waals surface area contributed by atoms with E-state index in [0.29, 0.717) is 10.7 Å². The van der Waals surface area contributed by atoms with Gasteiger partial charge in [0.15, 0.2) is 0 Å². The molecule has 0 fully saturated rings. The summed E-state index contributed by atoms with van der Waals surface area (Å²) in [6.45, 7) is 0.426. The second-order valence-corrected chi connectivity index (χ2v) is 6.46. The zero-order chi connectivity index (χ0) is 17.5. The van der Waals surface area contributed by atoms with E-state index in [9.17, 15) is 4.79 Å². The maximum atomic E-state index is 11.8. The van der Waals surface area contributed by atoms with Gasteiger partial charge < -0.3 is 9.47 Å². The third-order valence-electron chi connectivity index (χ3n) is 3.36. The fourth-order valence-corrected chi connectivity index (χ4v) is 3.25. The summed E-state index contributed by atoms with van der Waals surface area (Å²) in [5, 5.41) is 3.33. The minimum atomic E-state index is -0.316. The molecule has 0 spiro atoms. The lowest BCUT2D eigenvalue weighted by molar-refractivity contribution is -0.145. The van der Waals surface area contributed by atoms with Crippen LogP contribution in [0.3, 0.4) is 0 Å². The normalized spacial score (nSPS) is 10.4. The Hall–Kier alpha value is -2.37. The number of thiazole rings is 1. The second kappa shape index (κ2) is 8.65. The zero-order valence-corrected chi connectivity index (χ0v) is 14.9. The topological polar surface area (TPSA) is 48.4 Å². The Kier molecular flexibility index (Phi) is 6.04. The highest BCUT2D eigenvalue weighted by atomic mass is 35.5. The van der Waals surface area contributed by atoms with Crippen LogP contribution in [0.1, 0.15) is 12.1 Å². The number of nitrogens with zero attached hydrogens (tertiary/aromatic N) is 1. The first-order valence-corrected chi connectivity index (χ1v) is 9.01. The van der Waals surface area contributed by atoms with Crippen LogP contribution in [0, 0.1) is 0 Å². The van der Waals surface area contributed by atoms with Crippen LogP contribution in [0.4, 0.5) is 0 Å². The summed E-state index contributed by atoms with van der Waals surface area (Å²) >= 11 is 7.64. The lowest BCUT2D eigenvalue weighted by Gasteiger charge is -2.06. The largest absolute Gasteiger partial charge is 0.493 e. The van der Waals surface area contributed by atoms with Gasteiger partial charge in [-0.2, -0.15) is 0 Å². The Bertz CT molecular complexity index is 835. The van der Waals surface area contributed by atoms with Crippen molar-refractivity contribution in [1.82, 2.24) is 4.98 Å². The first kappa shape index (κ1) is 17.5. The van der Waals surface area contributed by atoms with Crippen molar-refractivity contribution in [3.8, 4) is 16.3 Å². The lowest BCUT2D eigenvalue weighted by atomic mass is 10.2. The van der Waals surface area contributed by atoms with E-state index in [1.165, 1.54) is 11.3 Å². The highest BCUT2D eigenvalue weighted by Gasteiger charge is 2.10. The van der Waals surface area contributed by atoms with Gasteiger partial charge in [0.25, 0.3) is 0 Å². The van der Waals surface area contributed by atoms with Crippen LogP contribution in [0.15, 0.2) is 60.0 Å². The Morgan fingerprint density at radius 1 is 1.08 bits per heavy atom. The van der Waals surface area contributed by atoms with Crippen LogP contribution >= 0.6 is 22.9 Å². The standard InChI is InChI=1S/C19H16ClNO3S/c20-17-9-5-4-8-16(17)19-21-14(13-25-19)12-24-18(22)10-11-23-15-6-2-1-3-7-15/h1-9,13H,10-12H2. The molecule has 1 aromatic heterocycles. The average Bonchev–Trinajstić information content (AvgIpc) is 3.10. The number of halogens is 1. The fraction of sp³-hybridized carbons (Fsp3) is 0.158. The number of carbonyl (C=O) groups excluding carboxylic acids is 1. The minimum Gasteiger partial charge on any atom is -0.493 e. The summed E-state index contributed by atoms with van der Waals surface area (Å²) in [6, 6.07) is 16.9. The lowest BCUT2D eigenvalue weighted by Crippen LogP contribution is -2.10. The van der Waals surface area contributed by atoms with Gasteiger partial charge in [0.1, 0.15) is 17.4 Å². The van der Waals surface area contributed by atoms with E-state index < -0.39 is 0 Å². The van der Waals surface area contributed by atoms with Gasteiger partial charge in [0, 0.05) is 10.9 Å². The van der Waals surface area contributed by atoms with Crippen molar-refractivity contribution < 1.29 is 14.3 Å². The van der Waals surface area contributed by atoms with Crippen molar-refractivity contribution in [1.29, 1.82) is 0 Å². The Labute approximate surface area is 155 Å². The molecule has 0 aliphatic carbocycles. The number of hydrogen-bond donors (Lipinski definition) is 0. The predicted molar refractivity (Wildman–Crippen MR) is 98.9 cm³/mol. The SMILES string of the molecule is O=C(CCOc1ccccc1)OCc1csc(-c2ccccc2Cl)n1. The van der Waals surface area contributed by atoms with E-state index in [1.807, 2.05) is 60.0 Å². The van der Waals surface area contributed by atoms with Crippen molar-refractivity contribution in [2.75, 3.05) is 6.61 Å². The summed E-state index contributed by atoms with van der Waals surface area (Å²) in [6.07, 6.45) is 0.191. The van der Waals surface area contributed by atoms with Crippen LogP contribution in [-0.4, -0.2) is 17.6 Å². The number of ether oxygens (including phenoxy) is 2. The first-order chi connectivity index (χ1) is 12.2. The third-order valence-corrected chi connectivity index (χ3v) is 4.61. The maximum absolute atomic E-state index is 11.8. The van der Waals surface area contributed by atoms with Gasteiger partial charge >= 0.3 is 5.97 Å². The number of esters is 1. The van der Waals surface area contributed by atoms with Gasteiger partial charge in [-0.15, -0.1) is 11.3 Å². The van der Waals surface area contributed by atoms with Crippen molar-refractivity contribution in [2.24, 2.45) is 0 Å². The summed E-state index contributed by atoms with van der Waals surface area (Å²) < 4.78 is 10.7. The molecule has 2 aromatic carbocycles. The Morgan fingerprint density at radius 2 is 1.84 bits per heavy atom. The van der Waals surface area contributed by atoms with Crippen LogP contribution in [0.25, 0.3) is 10.6 Å². The van der Waals surface area contributed by atoms with Crippen molar-refractivity contribution in [2.45, 2.75) is 13.0 Å². The average molecular weight is 374 g/mol. The van der Waals surface area contributed by atoms with Crippen LogP contribution < -0.4 is 4.74 Å². The van der Waals surface area contributed by atoms with Gasteiger partial charge in [-0.3, -0.25) is 4.79 Å². The third kappa shape index (κ3) is 5.05. The van der Waals surface area contributed by atoms with Crippen molar-refractivity contribution in [3.63, 3.8) is 0 Å².